The van der Waals surface area contributed by atoms with Crippen molar-refractivity contribution in [3.05, 3.63) is 128 Å². The van der Waals surface area contributed by atoms with Gasteiger partial charge < -0.3 is 9.47 Å². The normalized spacial score (nSPS) is 11.3. The number of methoxy groups -OCH3 is 2. The van der Waals surface area contributed by atoms with Gasteiger partial charge in [0.2, 0.25) is 17.3 Å². The number of ether oxygens (including phenoxy) is 2. The molecule has 282 valence electrons. The van der Waals surface area contributed by atoms with Gasteiger partial charge >= 0.3 is 0 Å². The number of benzene rings is 3. The molecule has 60 heavy (non-hydrogen) atoms. The van der Waals surface area contributed by atoms with Gasteiger partial charge in [-0.25, -0.2) is 29.9 Å². The zero-order chi connectivity index (χ0) is 43.0. The predicted octanol–water partition coefficient (Wildman–Crippen LogP) is 4.93. The summed E-state index contributed by atoms with van der Waals surface area (Å²) in [6.07, 6.45) is 0. The summed E-state index contributed by atoms with van der Waals surface area (Å²) in [5, 5.41) is 53.8. The molecule has 3 aliphatic carbocycles. The predicted molar refractivity (Wildman–Crippen MR) is 204 cm³/mol. The van der Waals surface area contributed by atoms with Crippen LogP contribution in [0.3, 0.4) is 0 Å². The van der Waals surface area contributed by atoms with Crippen molar-refractivity contribution in [2.75, 3.05) is 14.2 Å². The monoisotopic (exact) mass is 784 g/mol. The second-order valence-electron chi connectivity index (χ2n) is 12.8. The van der Waals surface area contributed by atoms with Crippen LogP contribution in [0.25, 0.3) is 33.8 Å². The smallest absolute Gasteiger partial charge is 0.218 e. The number of hydrogen-bond donors (Lipinski definition) is 0. The van der Waals surface area contributed by atoms with Crippen LogP contribution >= 0.6 is 0 Å². The third-order valence-electron chi connectivity index (χ3n) is 9.43. The molecule has 0 spiro atoms. The van der Waals surface area contributed by atoms with Gasteiger partial charge in [0, 0.05) is 27.8 Å². The average molecular weight is 785 g/mol. The van der Waals surface area contributed by atoms with Crippen LogP contribution in [-0.2, 0) is 0 Å². The number of rotatable bonds is 2. The Balaban J connectivity index is 0.000000137. The van der Waals surface area contributed by atoms with Gasteiger partial charge in [0.25, 0.3) is 0 Å². The molecule has 0 aliphatic heterocycles. The van der Waals surface area contributed by atoms with Crippen molar-refractivity contribution in [2.45, 2.75) is 13.8 Å². The average Bonchev–Trinajstić information content (AvgIpc) is 3.83. The van der Waals surface area contributed by atoms with E-state index in [1.54, 1.807) is 42.5 Å². The lowest BCUT2D eigenvalue weighted by molar-refractivity contribution is 0.102. The molecule has 0 radical (unpaired) electrons. The first kappa shape index (κ1) is 38.7. The number of aryl methyl sites for hydroxylation is 2. The first-order chi connectivity index (χ1) is 29.0. The van der Waals surface area contributed by atoms with E-state index < -0.39 is 5.78 Å². The van der Waals surface area contributed by atoms with Crippen LogP contribution < -0.4 is 9.47 Å². The minimum Gasteiger partial charge on any atom is -0.493 e. The van der Waals surface area contributed by atoms with Crippen LogP contribution in [0.4, 0.5) is 0 Å². The number of nitriles is 6. The fourth-order valence-corrected chi connectivity index (χ4v) is 6.74. The molecule has 17 nitrogen and oxygen atoms in total. The molecule has 6 aromatic rings. The molecule has 0 unspecified atom stereocenters. The number of fused-ring (bicyclic) bond motifs is 9. The highest BCUT2D eigenvalue weighted by atomic mass is 16.5. The summed E-state index contributed by atoms with van der Waals surface area (Å²) in [4.78, 5) is 61.3. The van der Waals surface area contributed by atoms with E-state index in [1.807, 2.05) is 56.3 Å². The summed E-state index contributed by atoms with van der Waals surface area (Å²) in [6, 6.07) is 24.9. The van der Waals surface area contributed by atoms with E-state index in [9.17, 15) is 14.4 Å². The van der Waals surface area contributed by atoms with Crippen LogP contribution in [0.5, 0.6) is 11.5 Å². The highest BCUT2D eigenvalue weighted by Gasteiger charge is 2.36. The van der Waals surface area contributed by atoms with Gasteiger partial charge in [-0.3, -0.25) is 14.4 Å². The fraction of sp³-hybridized carbons (Fsp3) is 0.0930. The Labute approximate surface area is 339 Å². The van der Waals surface area contributed by atoms with Crippen LogP contribution in [0.2, 0.25) is 0 Å². The highest BCUT2D eigenvalue weighted by molar-refractivity contribution is 6.22. The molecule has 3 aromatic carbocycles. The summed E-state index contributed by atoms with van der Waals surface area (Å²) in [5.74, 6) is -0.213. The van der Waals surface area contributed by atoms with E-state index >= 15 is 0 Å². The van der Waals surface area contributed by atoms with Gasteiger partial charge in [0.15, 0.2) is 45.7 Å². The maximum absolute atomic E-state index is 12.6. The molecule has 3 heterocycles. The second kappa shape index (κ2) is 15.2. The number of ketones is 3. The molecule has 0 amide bonds. The summed E-state index contributed by atoms with van der Waals surface area (Å²) in [7, 11) is 2.89. The standard InChI is InChI=1S/C15H8N4O3.2C14H6N4O/c1-21-10-4-3-7-11(15(10)22-2)14(20)13-12(7)18-8(5-16)9(6-17)19-13;1-7-2-3-8-9(4-7)12-13(14(8)19)18-11(6-16)10(5-15)17-12;1-7-3-2-4-8-11(7)14(19)13-12(8)17-9(5-15)10(6-16)18-13/h3-4H,1-2H3;2*2-4H,1H3. The maximum atomic E-state index is 12.6. The summed E-state index contributed by atoms with van der Waals surface area (Å²) in [6.45, 7) is 3.74. The van der Waals surface area contributed by atoms with Crippen LogP contribution in [0, 0.1) is 81.8 Å². The first-order valence-electron chi connectivity index (χ1n) is 17.3. The number of carbonyl (C=O) groups is 3. The molecule has 9 rings (SSSR count). The lowest BCUT2D eigenvalue weighted by atomic mass is 10.0. The summed E-state index contributed by atoms with van der Waals surface area (Å²) >= 11 is 0. The lowest BCUT2D eigenvalue weighted by Crippen LogP contribution is -2.05. The van der Waals surface area contributed by atoms with Crippen LogP contribution in [-0.4, -0.2) is 61.5 Å². The number of carbonyl (C=O) groups excluding carboxylic acids is 3. The molecule has 0 saturated heterocycles. The van der Waals surface area contributed by atoms with Crippen molar-refractivity contribution in [1.29, 1.82) is 31.6 Å². The molecule has 0 atom stereocenters. The van der Waals surface area contributed by atoms with Gasteiger partial charge in [-0.15, -0.1) is 0 Å². The topological polar surface area (TPSA) is 290 Å². The number of nitrogens with zero attached hydrogens (tertiary/aromatic N) is 12. The van der Waals surface area contributed by atoms with Crippen molar-refractivity contribution < 1.29 is 23.9 Å². The lowest BCUT2D eigenvalue weighted by Gasteiger charge is -2.10. The maximum Gasteiger partial charge on any atom is 0.218 e. The van der Waals surface area contributed by atoms with Gasteiger partial charge in [-0.2, -0.15) is 31.6 Å². The molecule has 3 aromatic heterocycles. The Morgan fingerprint density at radius 1 is 0.450 bits per heavy atom. The molecule has 0 N–H and O–H groups in total. The molecule has 3 aliphatic rings. The van der Waals surface area contributed by atoms with E-state index in [1.165, 1.54) is 14.2 Å². The van der Waals surface area contributed by atoms with Crippen molar-refractivity contribution >= 4 is 17.3 Å². The van der Waals surface area contributed by atoms with Crippen molar-refractivity contribution in [1.82, 2.24) is 29.9 Å². The van der Waals surface area contributed by atoms with E-state index in [2.05, 4.69) is 29.9 Å². The summed E-state index contributed by atoms with van der Waals surface area (Å²) < 4.78 is 10.4. The van der Waals surface area contributed by atoms with Gasteiger partial charge in [0.1, 0.15) is 70.6 Å². The number of aromatic nitrogens is 6. The van der Waals surface area contributed by atoms with Gasteiger partial charge in [-0.05, 0) is 37.6 Å². The molecule has 17 heteroatoms. The fourth-order valence-electron chi connectivity index (χ4n) is 6.74. The Kier molecular flexibility index (Phi) is 9.79. The zero-order valence-corrected chi connectivity index (χ0v) is 31.5. The van der Waals surface area contributed by atoms with E-state index in [-0.39, 0.29) is 79.8 Å². The SMILES string of the molecule is COc1ccc2c(c1OC)C(=O)c1nc(C#N)c(C#N)nc1-2.Cc1ccc2c(c1)-c1nc(C#N)c(C#N)nc1C2=O.Cc1cccc2c1C(=O)c1nc(C#N)c(C#N)nc1-2. The molecular weight excluding hydrogens is 765 g/mol. The van der Waals surface area contributed by atoms with Gasteiger partial charge in [-0.1, -0.05) is 35.9 Å². The van der Waals surface area contributed by atoms with E-state index in [4.69, 9.17) is 41.0 Å². The van der Waals surface area contributed by atoms with Gasteiger partial charge in [0.05, 0.1) is 19.8 Å². The Bertz CT molecular complexity index is 3220. The Hall–Kier alpha value is -9.55. The van der Waals surface area contributed by atoms with E-state index in [0.717, 1.165) is 11.1 Å². The minimum atomic E-state index is -0.408. The Morgan fingerprint density at radius 2 is 0.867 bits per heavy atom. The van der Waals surface area contributed by atoms with Crippen molar-refractivity contribution in [3.63, 3.8) is 0 Å². The third kappa shape index (κ3) is 6.03. The highest BCUT2D eigenvalue weighted by Crippen LogP contribution is 2.44. The number of hydrogen-bond acceptors (Lipinski definition) is 17. The zero-order valence-electron chi connectivity index (χ0n) is 31.5. The summed E-state index contributed by atoms with van der Waals surface area (Å²) in [5.41, 5.74) is 5.79. The molecule has 0 bridgehead atoms. The quantitative estimate of drug-likeness (QED) is 0.224. The molecular formula is C43H20N12O5. The first-order valence-corrected chi connectivity index (χ1v) is 17.3. The van der Waals surface area contributed by atoms with Crippen LogP contribution in [0.1, 0.15) is 93.4 Å². The largest absolute Gasteiger partial charge is 0.493 e. The van der Waals surface area contributed by atoms with Crippen molar-refractivity contribution in [3.8, 4) is 81.7 Å². The molecule has 0 fully saturated rings. The second-order valence-corrected chi connectivity index (χ2v) is 12.8. The van der Waals surface area contributed by atoms with E-state index in [0.29, 0.717) is 45.0 Å². The third-order valence-corrected chi connectivity index (χ3v) is 9.43. The minimum absolute atomic E-state index is 0.0390. The van der Waals surface area contributed by atoms with Crippen molar-refractivity contribution in [2.24, 2.45) is 0 Å². The Morgan fingerprint density at radius 3 is 1.33 bits per heavy atom. The molecule has 0 saturated carbocycles. The van der Waals surface area contributed by atoms with Crippen LogP contribution in [0.15, 0.2) is 48.5 Å².